The van der Waals surface area contributed by atoms with Crippen LogP contribution in [0.4, 0.5) is 0 Å². The van der Waals surface area contributed by atoms with Gasteiger partial charge in [-0.2, -0.15) is 5.10 Å². The summed E-state index contributed by atoms with van der Waals surface area (Å²) in [6.07, 6.45) is 0.133. The maximum atomic E-state index is 10.3. The van der Waals surface area contributed by atoms with Crippen molar-refractivity contribution in [3.8, 4) is 0 Å². The van der Waals surface area contributed by atoms with Gasteiger partial charge in [0.1, 0.15) is 0 Å². The third-order valence-corrected chi connectivity index (χ3v) is 3.93. The molecule has 1 N–H and O–H groups in total. The first-order chi connectivity index (χ1) is 8.61. The largest absolute Gasteiger partial charge is 0.388 e. The van der Waals surface area contributed by atoms with Crippen LogP contribution in [0.25, 0.3) is 0 Å². The van der Waals surface area contributed by atoms with Crippen LogP contribution in [0, 0.1) is 10.5 Å². The van der Waals surface area contributed by atoms with Crippen molar-refractivity contribution in [2.45, 2.75) is 32.9 Å². The summed E-state index contributed by atoms with van der Waals surface area (Å²) in [5.41, 5.74) is 3.07. The average molecular weight is 356 g/mol. The van der Waals surface area contributed by atoms with Gasteiger partial charge in [-0.3, -0.25) is 4.68 Å². The fourth-order valence-electron chi connectivity index (χ4n) is 2.09. The Labute approximate surface area is 121 Å². The van der Waals surface area contributed by atoms with E-state index in [2.05, 4.69) is 34.6 Å². The molecule has 1 aromatic heterocycles. The lowest BCUT2D eigenvalue weighted by Crippen LogP contribution is -2.09. The molecule has 2 aromatic rings. The summed E-state index contributed by atoms with van der Waals surface area (Å²) in [4.78, 5) is 0. The highest BCUT2D eigenvalue weighted by molar-refractivity contribution is 14.1. The average Bonchev–Trinajstić information content (AvgIpc) is 2.70. The van der Waals surface area contributed by atoms with E-state index < -0.39 is 6.10 Å². The van der Waals surface area contributed by atoms with Crippen LogP contribution in [0.15, 0.2) is 30.3 Å². The van der Waals surface area contributed by atoms with Gasteiger partial charge in [0.05, 0.1) is 11.8 Å². The minimum Gasteiger partial charge on any atom is -0.388 e. The van der Waals surface area contributed by atoms with E-state index in [-0.39, 0.29) is 0 Å². The van der Waals surface area contributed by atoms with Crippen molar-refractivity contribution in [1.82, 2.24) is 9.78 Å². The molecule has 3 nitrogen and oxygen atoms in total. The first-order valence-electron chi connectivity index (χ1n) is 6.07. The number of hydrogen-bond donors (Lipinski definition) is 1. The maximum absolute atomic E-state index is 10.3. The molecule has 18 heavy (non-hydrogen) atoms. The van der Waals surface area contributed by atoms with Gasteiger partial charge in [-0.1, -0.05) is 18.2 Å². The van der Waals surface area contributed by atoms with E-state index in [9.17, 15) is 5.11 Å². The van der Waals surface area contributed by atoms with Crippen LogP contribution in [-0.4, -0.2) is 14.9 Å². The van der Waals surface area contributed by atoms with E-state index in [0.29, 0.717) is 6.42 Å². The molecule has 0 saturated heterocycles. The smallest absolute Gasteiger partial charge is 0.0855 e. The number of benzene rings is 1. The summed E-state index contributed by atoms with van der Waals surface area (Å²) in [6.45, 7) is 4.88. The van der Waals surface area contributed by atoms with E-state index >= 15 is 0 Å². The van der Waals surface area contributed by atoms with Crippen LogP contribution in [0.1, 0.15) is 30.0 Å². The molecule has 0 fully saturated rings. The molecule has 0 aliphatic carbocycles. The molecule has 0 saturated carbocycles. The lowest BCUT2D eigenvalue weighted by atomic mass is 10.0. The molecule has 2 rings (SSSR count). The number of hydrogen-bond acceptors (Lipinski definition) is 2. The van der Waals surface area contributed by atoms with E-state index in [0.717, 1.165) is 27.1 Å². The Balaban J connectivity index is 2.21. The summed E-state index contributed by atoms with van der Waals surface area (Å²) in [6, 6.07) is 9.98. The van der Waals surface area contributed by atoms with Crippen molar-refractivity contribution in [3.63, 3.8) is 0 Å². The second-order valence-electron chi connectivity index (χ2n) is 4.33. The van der Waals surface area contributed by atoms with Crippen LogP contribution >= 0.6 is 22.6 Å². The highest BCUT2D eigenvalue weighted by Gasteiger charge is 2.14. The molecule has 0 bridgehead atoms. The van der Waals surface area contributed by atoms with Gasteiger partial charge in [0, 0.05) is 22.2 Å². The summed E-state index contributed by atoms with van der Waals surface area (Å²) >= 11 is 2.26. The van der Waals surface area contributed by atoms with Crippen molar-refractivity contribution in [1.29, 1.82) is 0 Å². The van der Waals surface area contributed by atoms with Crippen LogP contribution in [-0.2, 0) is 13.0 Å². The monoisotopic (exact) mass is 356 g/mol. The normalized spacial score (nSPS) is 12.7. The van der Waals surface area contributed by atoms with Crippen LogP contribution in [0.2, 0.25) is 0 Å². The van der Waals surface area contributed by atoms with E-state index in [4.69, 9.17) is 0 Å². The van der Waals surface area contributed by atoms with Crippen molar-refractivity contribution >= 4 is 22.6 Å². The predicted octanol–water partition coefficient (Wildman–Crippen LogP) is 3.09. The first kappa shape index (κ1) is 13.5. The second kappa shape index (κ2) is 5.84. The predicted molar refractivity (Wildman–Crippen MR) is 80.5 cm³/mol. The molecule has 96 valence electrons. The molecule has 1 atom stereocenters. The summed E-state index contributed by atoms with van der Waals surface area (Å²) in [5.74, 6) is 0. The molecule has 0 aliphatic rings. The molecule has 1 unspecified atom stereocenters. The zero-order valence-corrected chi connectivity index (χ0v) is 12.8. The molecular weight excluding hydrogens is 339 g/mol. The molecule has 0 radical (unpaired) electrons. The number of halogens is 1. The summed E-state index contributed by atoms with van der Waals surface area (Å²) in [5, 5.41) is 14.7. The Bertz CT molecular complexity index is 536. The molecule has 0 amide bonds. The fraction of sp³-hybridized carbons (Fsp3) is 0.357. The molecule has 0 aliphatic heterocycles. The van der Waals surface area contributed by atoms with Gasteiger partial charge in [-0.15, -0.1) is 0 Å². The quantitative estimate of drug-likeness (QED) is 0.855. The van der Waals surface area contributed by atoms with Crippen LogP contribution < -0.4 is 0 Å². The van der Waals surface area contributed by atoms with Crippen molar-refractivity contribution in [2.24, 2.45) is 0 Å². The summed E-state index contributed by atoms with van der Waals surface area (Å²) < 4.78 is 3.05. The van der Waals surface area contributed by atoms with E-state index in [1.54, 1.807) is 0 Å². The number of aliphatic hydroxyl groups is 1. The van der Waals surface area contributed by atoms with Gasteiger partial charge in [0.15, 0.2) is 0 Å². The molecule has 1 aromatic carbocycles. The number of rotatable bonds is 4. The van der Waals surface area contributed by atoms with Gasteiger partial charge >= 0.3 is 0 Å². The fourth-order valence-corrected chi connectivity index (χ4v) is 2.84. The van der Waals surface area contributed by atoms with Gasteiger partial charge in [-0.25, -0.2) is 0 Å². The van der Waals surface area contributed by atoms with Gasteiger partial charge in [-0.05, 0) is 54.1 Å². The Hall–Kier alpha value is -0.880. The minimum atomic E-state index is -0.473. The Morgan fingerprint density at radius 3 is 2.78 bits per heavy atom. The summed E-state index contributed by atoms with van der Waals surface area (Å²) in [7, 11) is 0. The van der Waals surface area contributed by atoms with Gasteiger partial charge in [0.25, 0.3) is 0 Å². The SMILES string of the molecule is CCn1nc(C)cc1CC(O)c1ccccc1I. The third-order valence-electron chi connectivity index (χ3n) is 2.95. The standard InChI is InChI=1S/C14H17IN2O/c1-3-17-11(8-10(2)16-17)9-14(18)12-6-4-5-7-13(12)15/h4-8,14,18H,3,9H2,1-2H3. The zero-order chi connectivity index (χ0) is 13.1. The number of aliphatic hydroxyl groups excluding tert-OH is 1. The Kier molecular flexibility index (Phi) is 4.40. The molecule has 4 heteroatoms. The highest BCUT2D eigenvalue weighted by Crippen LogP contribution is 2.23. The highest BCUT2D eigenvalue weighted by atomic mass is 127. The number of nitrogens with zero attached hydrogens (tertiary/aromatic N) is 2. The molecular formula is C14H17IN2O. The van der Waals surface area contributed by atoms with E-state index in [1.807, 2.05) is 41.9 Å². The van der Waals surface area contributed by atoms with Gasteiger partial charge in [0.2, 0.25) is 0 Å². The van der Waals surface area contributed by atoms with Crippen molar-refractivity contribution in [2.75, 3.05) is 0 Å². The molecule has 0 spiro atoms. The van der Waals surface area contributed by atoms with Gasteiger partial charge < -0.3 is 5.11 Å². The van der Waals surface area contributed by atoms with Crippen molar-refractivity contribution < 1.29 is 5.11 Å². The third kappa shape index (κ3) is 2.92. The second-order valence-corrected chi connectivity index (χ2v) is 5.50. The van der Waals surface area contributed by atoms with Crippen molar-refractivity contribution in [3.05, 3.63) is 50.9 Å². The van der Waals surface area contributed by atoms with Crippen LogP contribution in [0.5, 0.6) is 0 Å². The van der Waals surface area contributed by atoms with E-state index in [1.165, 1.54) is 0 Å². The molecule has 1 heterocycles. The van der Waals surface area contributed by atoms with Crippen LogP contribution in [0.3, 0.4) is 0 Å². The maximum Gasteiger partial charge on any atom is 0.0855 e. The lowest BCUT2D eigenvalue weighted by molar-refractivity contribution is 0.174. The first-order valence-corrected chi connectivity index (χ1v) is 7.15. The Morgan fingerprint density at radius 2 is 2.11 bits per heavy atom. The minimum absolute atomic E-state index is 0.473. The number of aromatic nitrogens is 2. The topological polar surface area (TPSA) is 38.0 Å². The zero-order valence-electron chi connectivity index (χ0n) is 10.6. The Morgan fingerprint density at radius 1 is 1.39 bits per heavy atom. The number of aryl methyl sites for hydroxylation is 2. The lowest BCUT2D eigenvalue weighted by Gasteiger charge is -2.13.